The predicted molar refractivity (Wildman–Crippen MR) is 215 cm³/mol. The fourth-order valence-corrected chi connectivity index (χ4v) is 7.79. The van der Waals surface area contributed by atoms with E-state index in [9.17, 15) is 0 Å². The summed E-state index contributed by atoms with van der Waals surface area (Å²) in [5.41, 5.74) is 16.7. The van der Waals surface area contributed by atoms with Gasteiger partial charge < -0.3 is 0 Å². The number of rotatable bonds is 0. The molecule has 0 radical (unpaired) electrons. The molecule has 17 rings (SSSR count). The van der Waals surface area contributed by atoms with Gasteiger partial charge in [-0.05, 0) is 70.8 Å². The largest absolute Gasteiger partial charge is 0.245 e. The lowest BCUT2D eigenvalue weighted by Crippen LogP contribution is -2.33. The summed E-state index contributed by atoms with van der Waals surface area (Å²) in [6.45, 7) is 2.97. The topological polar surface area (TPSA) is 67.1 Å². The molecule has 0 aliphatic carbocycles. The Balaban J connectivity index is 0.954. The molecule has 7 aliphatic rings. The molecule has 16 bridgehead atoms. The Morgan fingerprint density at radius 3 is 0.696 bits per heavy atom. The Morgan fingerprint density at radius 1 is 0.250 bits per heavy atom. The number of nitrogens with zero attached hydrogens (tertiary/aromatic N) is 8. The van der Waals surface area contributed by atoms with Crippen LogP contribution in [0.3, 0.4) is 0 Å². The van der Waals surface area contributed by atoms with E-state index < -0.39 is 0 Å². The molecule has 8 heteroatoms. The van der Waals surface area contributed by atoms with E-state index >= 15 is 0 Å². The molecule has 0 N–H and O–H groups in total. The molecule has 4 aromatic carbocycles. The fourth-order valence-electron chi connectivity index (χ4n) is 7.79. The van der Waals surface area contributed by atoms with Gasteiger partial charge in [0.2, 0.25) is 0 Å². The van der Waals surface area contributed by atoms with E-state index in [2.05, 4.69) is 189 Å². The van der Waals surface area contributed by atoms with Gasteiger partial charge >= 0.3 is 0 Å². The van der Waals surface area contributed by atoms with Crippen molar-refractivity contribution < 1.29 is 18.3 Å². The molecule has 0 atom stereocenters. The first-order valence-electron chi connectivity index (χ1n) is 19.0. The van der Waals surface area contributed by atoms with Gasteiger partial charge in [0, 0.05) is 70.8 Å². The highest BCUT2D eigenvalue weighted by molar-refractivity contribution is 5.88. The van der Waals surface area contributed by atoms with Gasteiger partial charge in [0.25, 0.3) is 0 Å². The molecule has 264 valence electrons. The summed E-state index contributed by atoms with van der Waals surface area (Å²) in [6.07, 6.45) is 17.2. The Morgan fingerprint density at radius 2 is 0.464 bits per heavy atom. The van der Waals surface area contributed by atoms with Crippen LogP contribution in [0.2, 0.25) is 0 Å². The van der Waals surface area contributed by atoms with E-state index in [4.69, 9.17) is 19.9 Å². The van der Waals surface area contributed by atoms with Crippen molar-refractivity contribution >= 4 is 44.1 Å². The molecule has 0 amide bonds. The van der Waals surface area contributed by atoms with Crippen LogP contribution in [0.25, 0.3) is 66.4 Å². The molecule has 10 aromatic rings. The van der Waals surface area contributed by atoms with Crippen molar-refractivity contribution in [2.24, 2.45) is 0 Å². The number of benzene rings is 4. The van der Waals surface area contributed by atoms with Gasteiger partial charge in [0.15, 0.2) is 75.8 Å². The van der Waals surface area contributed by atoms with Gasteiger partial charge in [-0.3, -0.25) is 0 Å². The highest BCUT2D eigenvalue weighted by Crippen LogP contribution is 2.22. The Bertz CT molecular complexity index is 2690. The average Bonchev–Trinajstić information content (AvgIpc) is 3.23. The standard InChI is InChI=1S/C48H36N8/c1-5-41-45-25-33(1)29-53-17-9-37(10-18-53)38-11-19-55(20-12-38)31-35-3-7-43-47(27-35)52-48-28-36(4-8-44(48)50-43)32-56-23-15-40(16-24-56)39-13-21-54(22-14-39)30-34-2-6-42(49-41)46(26-34)51-45/h1-28H,29-32H2/q+4. The molecular formula is C48H36N8+4. The third kappa shape index (κ3) is 6.27. The van der Waals surface area contributed by atoms with E-state index in [1.807, 2.05) is 0 Å². The molecule has 13 heterocycles. The molecular weight excluding hydrogens is 689 g/mol. The molecule has 0 saturated heterocycles. The van der Waals surface area contributed by atoms with E-state index in [0.717, 1.165) is 70.3 Å². The van der Waals surface area contributed by atoms with Gasteiger partial charge in [0.05, 0.1) is 44.1 Å². The van der Waals surface area contributed by atoms with Crippen LogP contribution in [0.15, 0.2) is 171 Å². The van der Waals surface area contributed by atoms with Crippen LogP contribution in [-0.2, 0) is 26.2 Å². The van der Waals surface area contributed by atoms with E-state index in [-0.39, 0.29) is 0 Å². The normalized spacial score (nSPS) is 12.7. The van der Waals surface area contributed by atoms with Crippen molar-refractivity contribution in [3.05, 3.63) is 193 Å². The molecule has 0 fully saturated rings. The second-order valence-corrected chi connectivity index (χ2v) is 14.8. The smallest absolute Gasteiger partial charge is 0.173 e. The van der Waals surface area contributed by atoms with Crippen molar-refractivity contribution in [3.8, 4) is 22.3 Å². The lowest BCUT2D eigenvalue weighted by molar-refractivity contribution is -0.688. The number of hydrogen-bond donors (Lipinski definition) is 0. The minimum absolute atomic E-state index is 0.744. The average molecular weight is 725 g/mol. The van der Waals surface area contributed by atoms with Gasteiger partial charge in [-0.2, -0.15) is 0 Å². The van der Waals surface area contributed by atoms with Crippen molar-refractivity contribution in [2.75, 3.05) is 0 Å². The molecule has 0 spiro atoms. The molecule has 0 unspecified atom stereocenters. The molecule has 7 aliphatic heterocycles. The summed E-state index contributed by atoms with van der Waals surface area (Å²) in [5, 5.41) is 0. The summed E-state index contributed by atoms with van der Waals surface area (Å²) in [5.74, 6) is 0. The second-order valence-electron chi connectivity index (χ2n) is 14.8. The second kappa shape index (κ2) is 13.2. The maximum Gasteiger partial charge on any atom is 0.173 e. The first-order chi connectivity index (χ1) is 27.6. The van der Waals surface area contributed by atoms with Crippen molar-refractivity contribution in [3.63, 3.8) is 0 Å². The zero-order valence-corrected chi connectivity index (χ0v) is 30.6. The number of aromatic nitrogens is 8. The van der Waals surface area contributed by atoms with Crippen molar-refractivity contribution in [1.29, 1.82) is 0 Å². The first-order valence-corrected chi connectivity index (χ1v) is 19.0. The van der Waals surface area contributed by atoms with E-state index in [1.165, 1.54) is 44.5 Å². The van der Waals surface area contributed by atoms with Crippen LogP contribution in [0.5, 0.6) is 0 Å². The number of hydrogen-bond acceptors (Lipinski definition) is 4. The Labute approximate surface area is 322 Å². The monoisotopic (exact) mass is 724 g/mol. The molecule has 8 nitrogen and oxygen atoms in total. The van der Waals surface area contributed by atoms with Crippen LogP contribution < -0.4 is 18.3 Å². The third-order valence-electron chi connectivity index (χ3n) is 10.8. The van der Waals surface area contributed by atoms with Crippen LogP contribution >= 0.6 is 0 Å². The van der Waals surface area contributed by atoms with Crippen molar-refractivity contribution in [1.82, 2.24) is 19.9 Å². The summed E-state index contributed by atoms with van der Waals surface area (Å²) in [4.78, 5) is 20.0. The fraction of sp³-hybridized carbons (Fsp3) is 0.0833. The van der Waals surface area contributed by atoms with Crippen molar-refractivity contribution in [2.45, 2.75) is 26.2 Å². The van der Waals surface area contributed by atoms with E-state index in [1.54, 1.807) is 0 Å². The predicted octanol–water partition coefficient (Wildman–Crippen LogP) is 6.87. The summed E-state index contributed by atoms with van der Waals surface area (Å²) < 4.78 is 8.82. The summed E-state index contributed by atoms with van der Waals surface area (Å²) in [6, 6.07) is 43.0. The van der Waals surface area contributed by atoms with Gasteiger partial charge in [-0.1, -0.05) is 24.3 Å². The third-order valence-corrected chi connectivity index (χ3v) is 10.8. The molecule has 6 aromatic heterocycles. The van der Waals surface area contributed by atoms with Gasteiger partial charge in [-0.15, -0.1) is 0 Å². The Hall–Kier alpha value is -7.32. The highest BCUT2D eigenvalue weighted by Gasteiger charge is 2.14. The maximum absolute atomic E-state index is 5.08. The van der Waals surface area contributed by atoms with Crippen LogP contribution in [0, 0.1) is 0 Å². The SMILES string of the molecule is c1cc2nc3ccc4cc3nc2cc1C[n+]1ccc(cc1)-c1cc[n+](cc1)Cc1ccc2nc3ccc(cc3nc2c1)C[n+]1ccc(cc1)-c1cc[n+](cc1)C4. The lowest BCUT2D eigenvalue weighted by Gasteiger charge is -2.06. The minimum Gasteiger partial charge on any atom is -0.245 e. The van der Waals surface area contributed by atoms with Crippen LogP contribution in [0.1, 0.15) is 22.3 Å². The maximum atomic E-state index is 5.08. The number of pyridine rings is 4. The van der Waals surface area contributed by atoms with E-state index in [0.29, 0.717) is 0 Å². The molecule has 56 heavy (non-hydrogen) atoms. The lowest BCUT2D eigenvalue weighted by atomic mass is 10.1. The van der Waals surface area contributed by atoms with Gasteiger partial charge in [0.1, 0.15) is 0 Å². The van der Waals surface area contributed by atoms with Gasteiger partial charge in [-0.25, -0.2) is 38.2 Å². The summed E-state index contributed by atoms with van der Waals surface area (Å²) in [7, 11) is 0. The quantitative estimate of drug-likeness (QED) is 0.127. The first kappa shape index (κ1) is 32.1. The van der Waals surface area contributed by atoms with Crippen LogP contribution in [-0.4, -0.2) is 19.9 Å². The highest BCUT2D eigenvalue weighted by atomic mass is 14.9. The minimum atomic E-state index is 0.744. The molecule has 0 saturated carbocycles. The summed E-state index contributed by atoms with van der Waals surface area (Å²) >= 11 is 0. The zero-order chi connectivity index (χ0) is 37.0. The zero-order valence-electron chi connectivity index (χ0n) is 30.6. The Kier molecular flexibility index (Phi) is 7.58. The van der Waals surface area contributed by atoms with Crippen LogP contribution in [0.4, 0.5) is 0 Å².